The smallest absolute Gasteiger partial charge is 0.309 e. The van der Waals surface area contributed by atoms with Crippen molar-refractivity contribution in [3.05, 3.63) is 56.2 Å². The third-order valence-electron chi connectivity index (χ3n) is 4.91. The van der Waals surface area contributed by atoms with Crippen LogP contribution in [0.2, 0.25) is 10.0 Å². The van der Waals surface area contributed by atoms with Gasteiger partial charge >= 0.3 is 11.7 Å². The zero-order chi connectivity index (χ0) is 22.5. The molecule has 0 atom stereocenters. The molecule has 2 aromatic rings. The Morgan fingerprint density at radius 2 is 1.97 bits per heavy atom. The third-order valence-corrected chi connectivity index (χ3v) is 5.35. The molecule has 1 aliphatic rings. The van der Waals surface area contributed by atoms with Crippen LogP contribution in [0.5, 0.6) is 0 Å². The Kier molecular flexibility index (Phi) is 7.29. The summed E-state index contributed by atoms with van der Waals surface area (Å²) in [5.74, 6) is -1.04. The SMILES string of the molecule is CCOC(=O)C1CCN(c2cc(Cl)cc(C(=O)Nc3ccc(Cl)cn3)c2[N+](=O)[O-])CC1. The predicted octanol–water partition coefficient (Wildman–Crippen LogP) is 4.33. The number of benzene rings is 1. The van der Waals surface area contributed by atoms with Crippen LogP contribution in [-0.4, -0.2) is 41.5 Å². The summed E-state index contributed by atoms with van der Waals surface area (Å²) in [4.78, 5) is 41.8. The average molecular weight is 467 g/mol. The van der Waals surface area contributed by atoms with Crippen molar-refractivity contribution >= 4 is 52.3 Å². The normalized spacial score (nSPS) is 14.2. The number of halogens is 2. The number of aromatic nitrogens is 1. The van der Waals surface area contributed by atoms with Crippen molar-refractivity contribution in [2.45, 2.75) is 19.8 Å². The van der Waals surface area contributed by atoms with Crippen molar-refractivity contribution in [3.8, 4) is 0 Å². The van der Waals surface area contributed by atoms with Crippen LogP contribution in [0.25, 0.3) is 0 Å². The summed E-state index contributed by atoms with van der Waals surface area (Å²) in [5.41, 5.74) is -0.309. The molecule has 0 saturated carbocycles. The third kappa shape index (κ3) is 5.42. The first-order valence-corrected chi connectivity index (χ1v) is 10.4. The van der Waals surface area contributed by atoms with Gasteiger partial charge in [0.1, 0.15) is 17.1 Å². The molecule has 1 N–H and O–H groups in total. The van der Waals surface area contributed by atoms with Crippen LogP contribution in [-0.2, 0) is 9.53 Å². The molecule has 11 heteroatoms. The van der Waals surface area contributed by atoms with Gasteiger partial charge in [0.05, 0.1) is 22.5 Å². The number of rotatable bonds is 6. The monoisotopic (exact) mass is 466 g/mol. The average Bonchev–Trinajstić information content (AvgIpc) is 2.74. The first kappa shape index (κ1) is 22.8. The van der Waals surface area contributed by atoms with E-state index in [4.69, 9.17) is 27.9 Å². The molecule has 1 aromatic heterocycles. The van der Waals surface area contributed by atoms with Crippen molar-refractivity contribution in [1.82, 2.24) is 4.98 Å². The number of nitro groups is 1. The highest BCUT2D eigenvalue weighted by Gasteiger charge is 2.32. The maximum absolute atomic E-state index is 12.8. The first-order chi connectivity index (χ1) is 14.8. The molecule has 1 amide bonds. The Morgan fingerprint density at radius 1 is 1.26 bits per heavy atom. The van der Waals surface area contributed by atoms with E-state index < -0.39 is 10.8 Å². The molecule has 0 spiro atoms. The number of hydrogen-bond acceptors (Lipinski definition) is 7. The maximum Gasteiger partial charge on any atom is 0.309 e. The van der Waals surface area contributed by atoms with E-state index in [1.165, 1.54) is 30.5 Å². The lowest BCUT2D eigenvalue weighted by atomic mass is 9.96. The Labute approximate surface area is 188 Å². The molecule has 1 saturated heterocycles. The van der Waals surface area contributed by atoms with Gasteiger partial charge in [0, 0.05) is 24.3 Å². The minimum atomic E-state index is -0.716. The van der Waals surface area contributed by atoms with Crippen molar-refractivity contribution in [2.24, 2.45) is 5.92 Å². The zero-order valence-electron chi connectivity index (χ0n) is 16.6. The van der Waals surface area contributed by atoms with Crippen LogP contribution in [0.1, 0.15) is 30.1 Å². The van der Waals surface area contributed by atoms with Crippen molar-refractivity contribution in [1.29, 1.82) is 0 Å². The van der Waals surface area contributed by atoms with Gasteiger partial charge in [0.25, 0.3) is 5.91 Å². The van der Waals surface area contributed by atoms with Gasteiger partial charge in [-0.25, -0.2) is 4.98 Å². The maximum atomic E-state index is 12.8. The van der Waals surface area contributed by atoms with Crippen molar-refractivity contribution in [3.63, 3.8) is 0 Å². The largest absolute Gasteiger partial charge is 0.466 e. The number of carbonyl (C=O) groups is 2. The number of piperidine rings is 1. The molecule has 1 aromatic carbocycles. The predicted molar refractivity (Wildman–Crippen MR) is 117 cm³/mol. The molecule has 2 heterocycles. The number of anilines is 2. The second kappa shape index (κ2) is 9.93. The number of ether oxygens (including phenoxy) is 1. The van der Waals surface area contributed by atoms with Gasteiger partial charge in [-0.3, -0.25) is 19.7 Å². The first-order valence-electron chi connectivity index (χ1n) is 9.62. The summed E-state index contributed by atoms with van der Waals surface area (Å²) in [6.45, 7) is 2.84. The van der Waals surface area contributed by atoms with E-state index >= 15 is 0 Å². The van der Waals surface area contributed by atoms with E-state index in [1.54, 1.807) is 11.8 Å². The van der Waals surface area contributed by atoms with E-state index in [0.717, 1.165) is 0 Å². The van der Waals surface area contributed by atoms with Crippen LogP contribution < -0.4 is 10.2 Å². The summed E-state index contributed by atoms with van der Waals surface area (Å²) >= 11 is 12.0. The number of hydrogen-bond donors (Lipinski definition) is 1. The lowest BCUT2D eigenvalue weighted by Crippen LogP contribution is -2.37. The molecule has 0 aliphatic carbocycles. The van der Waals surface area contributed by atoms with Crippen LogP contribution in [0.15, 0.2) is 30.5 Å². The second-order valence-electron chi connectivity index (χ2n) is 6.91. The number of pyridine rings is 1. The highest BCUT2D eigenvalue weighted by Crippen LogP contribution is 2.37. The zero-order valence-corrected chi connectivity index (χ0v) is 18.2. The molecule has 1 fully saturated rings. The lowest BCUT2D eigenvalue weighted by Gasteiger charge is -2.32. The quantitative estimate of drug-likeness (QED) is 0.382. The molecule has 164 valence electrons. The van der Waals surface area contributed by atoms with Gasteiger partial charge in [-0.15, -0.1) is 0 Å². The summed E-state index contributed by atoms with van der Waals surface area (Å²) in [6, 6.07) is 5.73. The van der Waals surface area contributed by atoms with E-state index in [1.807, 2.05) is 0 Å². The fourth-order valence-corrected chi connectivity index (χ4v) is 3.76. The molecular weight excluding hydrogens is 447 g/mol. The highest BCUT2D eigenvalue weighted by atomic mass is 35.5. The minimum Gasteiger partial charge on any atom is -0.466 e. The Bertz CT molecular complexity index is 992. The molecule has 0 radical (unpaired) electrons. The number of carbonyl (C=O) groups excluding carboxylic acids is 2. The summed E-state index contributed by atoms with van der Waals surface area (Å²) < 4.78 is 5.06. The van der Waals surface area contributed by atoms with Gasteiger partial charge in [0.2, 0.25) is 0 Å². The number of nitrogens with one attached hydrogen (secondary N) is 1. The summed E-state index contributed by atoms with van der Waals surface area (Å²) in [7, 11) is 0. The summed E-state index contributed by atoms with van der Waals surface area (Å²) in [5, 5.41) is 15.0. The van der Waals surface area contributed by atoms with Crippen LogP contribution >= 0.6 is 23.2 Å². The van der Waals surface area contributed by atoms with Crippen LogP contribution in [0.3, 0.4) is 0 Å². The molecule has 9 nitrogen and oxygen atoms in total. The fourth-order valence-electron chi connectivity index (χ4n) is 3.44. The van der Waals surface area contributed by atoms with E-state index in [-0.39, 0.29) is 39.7 Å². The Balaban J connectivity index is 1.87. The Morgan fingerprint density at radius 3 is 2.55 bits per heavy atom. The van der Waals surface area contributed by atoms with Gasteiger partial charge in [-0.2, -0.15) is 0 Å². The van der Waals surface area contributed by atoms with Crippen molar-refractivity contribution < 1.29 is 19.2 Å². The van der Waals surface area contributed by atoms with E-state index in [0.29, 0.717) is 37.6 Å². The number of nitrogens with zero attached hydrogens (tertiary/aromatic N) is 3. The summed E-state index contributed by atoms with van der Waals surface area (Å²) in [6.07, 6.45) is 2.32. The van der Waals surface area contributed by atoms with Crippen LogP contribution in [0.4, 0.5) is 17.2 Å². The van der Waals surface area contributed by atoms with E-state index in [9.17, 15) is 19.7 Å². The standard InChI is InChI=1S/C20H20Cl2N4O5/c1-2-31-20(28)12-5-7-25(8-6-12)16-10-14(22)9-15(18(16)26(29)30)19(27)24-17-4-3-13(21)11-23-17/h3-4,9-12H,2,5-8H2,1H3,(H,23,24,27). The fraction of sp³-hybridized carbons (Fsp3) is 0.350. The van der Waals surface area contributed by atoms with Gasteiger partial charge < -0.3 is 15.0 Å². The molecule has 3 rings (SSSR count). The number of nitro benzene ring substituents is 1. The van der Waals surface area contributed by atoms with Gasteiger partial charge in [0.15, 0.2) is 0 Å². The van der Waals surface area contributed by atoms with E-state index in [2.05, 4.69) is 10.3 Å². The molecule has 0 bridgehead atoms. The molecule has 1 aliphatic heterocycles. The molecule has 31 heavy (non-hydrogen) atoms. The van der Waals surface area contributed by atoms with Crippen molar-refractivity contribution in [2.75, 3.05) is 29.9 Å². The number of amides is 1. The Hall–Kier alpha value is -2.91. The van der Waals surface area contributed by atoms with Gasteiger partial charge in [-0.1, -0.05) is 23.2 Å². The number of esters is 1. The highest BCUT2D eigenvalue weighted by molar-refractivity contribution is 6.32. The second-order valence-corrected chi connectivity index (χ2v) is 7.78. The molecule has 0 unspecified atom stereocenters. The lowest BCUT2D eigenvalue weighted by molar-refractivity contribution is -0.384. The van der Waals surface area contributed by atoms with Crippen LogP contribution in [0, 0.1) is 16.0 Å². The van der Waals surface area contributed by atoms with Gasteiger partial charge in [-0.05, 0) is 44.0 Å². The minimum absolute atomic E-state index is 0.183. The molecular formula is C20H20Cl2N4O5. The topological polar surface area (TPSA) is 115 Å².